The molecule has 1 saturated heterocycles. The number of quaternary nitrogens is 1. The zero-order valence-corrected chi connectivity index (χ0v) is 20.6. The van der Waals surface area contributed by atoms with E-state index in [0.717, 1.165) is 81.2 Å². The number of rotatable bonds is 10. The summed E-state index contributed by atoms with van der Waals surface area (Å²) in [6, 6.07) is 18.8. The van der Waals surface area contributed by atoms with Crippen LogP contribution in [0, 0.1) is 0 Å². The van der Waals surface area contributed by atoms with Crippen molar-refractivity contribution in [2.45, 2.75) is 32.7 Å². The van der Waals surface area contributed by atoms with E-state index in [1.807, 2.05) is 24.3 Å². The van der Waals surface area contributed by atoms with Crippen LogP contribution in [0.5, 0.6) is 11.5 Å². The first-order valence-electron chi connectivity index (χ1n) is 10.6. The van der Waals surface area contributed by atoms with E-state index in [-0.39, 0.29) is 32.7 Å². The number of unbranched alkanes of at least 4 members (excludes halogenated alkanes) is 1. The maximum absolute atomic E-state index is 6.08. The van der Waals surface area contributed by atoms with Crippen molar-refractivity contribution >= 4 is 0 Å². The van der Waals surface area contributed by atoms with Crippen molar-refractivity contribution in [2.75, 3.05) is 46.1 Å². The number of hydrogen-bond donors (Lipinski definition) is 0. The van der Waals surface area contributed by atoms with Crippen LogP contribution in [0.4, 0.5) is 0 Å². The third kappa shape index (κ3) is 8.37. The Balaban J connectivity index is 0.00000300. The van der Waals surface area contributed by atoms with Gasteiger partial charge in [0.25, 0.3) is 0 Å². The van der Waals surface area contributed by atoms with Gasteiger partial charge in [0, 0.05) is 44.7 Å². The Bertz CT molecular complexity index is 670. The summed E-state index contributed by atoms with van der Waals surface area (Å²) < 4.78 is 18.6. The van der Waals surface area contributed by atoms with Crippen molar-refractivity contribution in [1.82, 2.24) is 0 Å². The van der Waals surface area contributed by atoms with Crippen LogP contribution in [0.15, 0.2) is 54.6 Å². The van der Waals surface area contributed by atoms with Crippen LogP contribution >= 0.6 is 0 Å². The Morgan fingerprint density at radius 1 is 0.862 bits per heavy atom. The summed E-state index contributed by atoms with van der Waals surface area (Å²) in [5, 5.41) is 0. The van der Waals surface area contributed by atoms with Crippen LogP contribution in [0.1, 0.15) is 31.7 Å². The van der Waals surface area contributed by atoms with Gasteiger partial charge in [-0.1, -0.05) is 43.7 Å². The molecule has 1 aliphatic heterocycles. The molecule has 1 unspecified atom stereocenters. The van der Waals surface area contributed by atoms with Crippen molar-refractivity contribution in [3.63, 3.8) is 0 Å². The topological polar surface area (TPSA) is 27.7 Å². The average molecular weight is 473 g/mol. The largest absolute Gasteiger partial charge is 0.494 e. The Morgan fingerprint density at radius 3 is 2.24 bits per heavy atom. The van der Waals surface area contributed by atoms with Gasteiger partial charge < -0.3 is 18.7 Å². The van der Waals surface area contributed by atoms with Crippen molar-refractivity contribution in [2.24, 2.45) is 0 Å². The molecule has 29 heavy (non-hydrogen) atoms. The fourth-order valence-corrected chi connectivity index (χ4v) is 3.73. The Labute approximate surface area is 201 Å². The fourth-order valence-electron chi connectivity index (χ4n) is 3.73. The average Bonchev–Trinajstić information content (AvgIpc) is 2.96. The fraction of sp³-hybridized carbons (Fsp3) is 0.500. The Morgan fingerprint density at radius 2 is 1.55 bits per heavy atom. The second kappa shape index (κ2) is 13.4. The van der Waals surface area contributed by atoms with E-state index in [2.05, 4.69) is 37.3 Å². The molecule has 0 N–H and O–H groups in total. The molecule has 0 spiro atoms. The van der Waals surface area contributed by atoms with Crippen molar-refractivity contribution in [3.8, 4) is 11.5 Å². The van der Waals surface area contributed by atoms with Crippen molar-refractivity contribution in [1.29, 1.82) is 0 Å². The maximum atomic E-state index is 6.08. The predicted molar refractivity (Wildman–Crippen MR) is 113 cm³/mol. The van der Waals surface area contributed by atoms with E-state index in [1.54, 1.807) is 0 Å². The monoisotopic (exact) mass is 473 g/mol. The standard InChI is InChI=1S/C24H34NO3.Y/c1-2-3-18-27-23-10-12-24(13-11-23)28-20-16-25(14-7-17-26-19-15-25)21-22-8-5-4-6-9-22;/h4-6,8-13H,2-3,7,14-21H2,1H3;/q+1;. The maximum Gasteiger partial charge on any atom is 0.137 e. The molecule has 1 heterocycles. The minimum Gasteiger partial charge on any atom is -0.494 e. The van der Waals surface area contributed by atoms with Crippen LogP contribution < -0.4 is 9.47 Å². The summed E-state index contributed by atoms with van der Waals surface area (Å²) in [7, 11) is 0. The molecule has 4 nitrogen and oxygen atoms in total. The van der Waals surface area contributed by atoms with Gasteiger partial charge in [0.15, 0.2) is 0 Å². The second-order valence-corrected chi connectivity index (χ2v) is 7.64. The van der Waals surface area contributed by atoms with Crippen molar-refractivity contribution in [3.05, 3.63) is 60.2 Å². The molecular formula is C24H34NO3Y+. The molecule has 1 fully saturated rings. The van der Waals surface area contributed by atoms with E-state index in [4.69, 9.17) is 14.2 Å². The molecule has 2 aromatic rings. The molecule has 3 rings (SSSR count). The van der Waals surface area contributed by atoms with Gasteiger partial charge in [-0.05, 0) is 30.7 Å². The SMILES string of the molecule is CCCCOc1ccc(OCC[N+]2(Cc3ccccc3)CCCOCC2)cc1.[Y]. The molecule has 5 heteroatoms. The van der Waals surface area contributed by atoms with Gasteiger partial charge in [0.1, 0.15) is 37.7 Å². The van der Waals surface area contributed by atoms with Crippen LogP contribution in [-0.2, 0) is 44.0 Å². The molecule has 0 saturated carbocycles. The van der Waals surface area contributed by atoms with Gasteiger partial charge in [-0.25, -0.2) is 0 Å². The van der Waals surface area contributed by atoms with Gasteiger partial charge in [-0.15, -0.1) is 0 Å². The van der Waals surface area contributed by atoms with Crippen molar-refractivity contribution < 1.29 is 51.4 Å². The molecule has 1 radical (unpaired) electrons. The van der Waals surface area contributed by atoms with Crippen LogP contribution in [0.2, 0.25) is 0 Å². The predicted octanol–water partition coefficient (Wildman–Crippen LogP) is 4.68. The van der Waals surface area contributed by atoms with Crippen LogP contribution in [-0.4, -0.2) is 50.5 Å². The summed E-state index contributed by atoms with van der Waals surface area (Å²) in [5.41, 5.74) is 1.39. The summed E-state index contributed by atoms with van der Waals surface area (Å²) in [5.74, 6) is 1.82. The summed E-state index contributed by atoms with van der Waals surface area (Å²) in [4.78, 5) is 0. The van der Waals surface area contributed by atoms with Gasteiger partial charge in [-0.3, -0.25) is 0 Å². The normalized spacial score (nSPS) is 19.1. The molecule has 155 valence electrons. The number of benzene rings is 2. The molecule has 0 bridgehead atoms. The van der Waals surface area contributed by atoms with E-state index < -0.39 is 0 Å². The van der Waals surface area contributed by atoms with E-state index in [0.29, 0.717) is 6.61 Å². The van der Waals surface area contributed by atoms with E-state index >= 15 is 0 Å². The second-order valence-electron chi connectivity index (χ2n) is 7.64. The van der Waals surface area contributed by atoms with Gasteiger partial charge in [-0.2, -0.15) is 0 Å². The summed E-state index contributed by atoms with van der Waals surface area (Å²) in [6.07, 6.45) is 3.34. The Kier molecular flexibility index (Phi) is 11.2. The molecule has 0 aromatic heterocycles. The quantitative estimate of drug-likeness (QED) is 0.371. The van der Waals surface area contributed by atoms with Gasteiger partial charge >= 0.3 is 0 Å². The Hall–Kier alpha value is -0.936. The van der Waals surface area contributed by atoms with E-state index in [9.17, 15) is 0 Å². The molecular weight excluding hydrogens is 439 g/mol. The van der Waals surface area contributed by atoms with Gasteiger partial charge in [0.05, 0.1) is 26.4 Å². The number of ether oxygens (including phenoxy) is 3. The summed E-state index contributed by atoms with van der Waals surface area (Å²) >= 11 is 0. The minimum absolute atomic E-state index is 0. The zero-order valence-electron chi connectivity index (χ0n) is 17.7. The first kappa shape index (κ1) is 24.3. The number of hydrogen-bond acceptors (Lipinski definition) is 3. The van der Waals surface area contributed by atoms with E-state index in [1.165, 1.54) is 5.56 Å². The molecule has 1 aliphatic rings. The summed E-state index contributed by atoms with van der Waals surface area (Å²) in [6.45, 7) is 9.58. The first-order valence-corrected chi connectivity index (χ1v) is 10.6. The first-order chi connectivity index (χ1) is 13.8. The third-order valence-corrected chi connectivity index (χ3v) is 5.42. The number of nitrogens with zero attached hydrogens (tertiary/aromatic N) is 1. The smallest absolute Gasteiger partial charge is 0.137 e. The van der Waals surface area contributed by atoms with Gasteiger partial charge in [0.2, 0.25) is 0 Å². The molecule has 0 aliphatic carbocycles. The molecule has 2 aromatic carbocycles. The minimum atomic E-state index is 0. The third-order valence-electron chi connectivity index (χ3n) is 5.42. The van der Waals surface area contributed by atoms with Crippen LogP contribution in [0.25, 0.3) is 0 Å². The zero-order chi connectivity index (χ0) is 19.5. The van der Waals surface area contributed by atoms with Crippen LogP contribution in [0.3, 0.4) is 0 Å². The molecule has 1 atom stereocenters. The molecule has 0 amide bonds.